The molecule has 0 aromatic carbocycles. The summed E-state index contributed by atoms with van der Waals surface area (Å²) in [6.07, 6.45) is 7.52. The Hall–Kier alpha value is -0.570. The standard InChI is InChI=1S/C14H26N2O/c1-13(6-4-3-5-7-13)10-16-12(17)14(2)8-9-15-11-14/h15H,3-11H2,1-2H3,(H,16,17). The SMILES string of the molecule is CC1(CNC(=O)C2(C)CCNC2)CCCCC1. The molecule has 3 nitrogen and oxygen atoms in total. The number of amides is 1. The zero-order valence-electron chi connectivity index (χ0n) is 11.3. The molecule has 98 valence electrons. The highest BCUT2D eigenvalue weighted by atomic mass is 16.2. The van der Waals surface area contributed by atoms with Crippen LogP contribution in [0, 0.1) is 10.8 Å². The first kappa shape index (κ1) is 12.9. The average molecular weight is 238 g/mol. The number of carbonyl (C=O) groups is 1. The molecule has 1 saturated carbocycles. The van der Waals surface area contributed by atoms with E-state index in [1.807, 2.05) is 0 Å². The highest BCUT2D eigenvalue weighted by Gasteiger charge is 2.37. The molecule has 0 aromatic rings. The van der Waals surface area contributed by atoms with E-state index < -0.39 is 0 Å². The van der Waals surface area contributed by atoms with Crippen molar-refractivity contribution in [2.75, 3.05) is 19.6 Å². The van der Waals surface area contributed by atoms with Gasteiger partial charge in [0.1, 0.15) is 0 Å². The van der Waals surface area contributed by atoms with Gasteiger partial charge in [-0.2, -0.15) is 0 Å². The van der Waals surface area contributed by atoms with Crippen molar-refractivity contribution in [1.82, 2.24) is 10.6 Å². The molecule has 1 atom stereocenters. The maximum atomic E-state index is 12.2. The molecule has 2 fully saturated rings. The minimum atomic E-state index is -0.176. The van der Waals surface area contributed by atoms with Gasteiger partial charge in [0, 0.05) is 13.1 Å². The van der Waals surface area contributed by atoms with E-state index >= 15 is 0 Å². The zero-order valence-corrected chi connectivity index (χ0v) is 11.3. The zero-order chi connectivity index (χ0) is 12.4. The van der Waals surface area contributed by atoms with Crippen LogP contribution in [0.25, 0.3) is 0 Å². The molecule has 0 spiro atoms. The van der Waals surface area contributed by atoms with Crippen LogP contribution >= 0.6 is 0 Å². The van der Waals surface area contributed by atoms with E-state index in [4.69, 9.17) is 0 Å². The van der Waals surface area contributed by atoms with E-state index in [0.29, 0.717) is 5.41 Å². The predicted octanol–water partition coefficient (Wildman–Crippen LogP) is 2.07. The van der Waals surface area contributed by atoms with Gasteiger partial charge in [-0.25, -0.2) is 0 Å². The van der Waals surface area contributed by atoms with Crippen molar-refractivity contribution < 1.29 is 4.79 Å². The average Bonchev–Trinajstić information content (AvgIpc) is 2.75. The fraction of sp³-hybridized carbons (Fsp3) is 0.929. The molecule has 1 saturated heterocycles. The third-order valence-electron chi connectivity index (χ3n) is 4.65. The molecule has 2 N–H and O–H groups in total. The summed E-state index contributed by atoms with van der Waals surface area (Å²) in [6, 6.07) is 0. The van der Waals surface area contributed by atoms with E-state index in [0.717, 1.165) is 26.1 Å². The smallest absolute Gasteiger partial charge is 0.227 e. The Balaban J connectivity index is 1.83. The second-order valence-corrected chi connectivity index (χ2v) is 6.54. The van der Waals surface area contributed by atoms with E-state index in [-0.39, 0.29) is 11.3 Å². The highest BCUT2D eigenvalue weighted by molar-refractivity contribution is 5.82. The van der Waals surface area contributed by atoms with Crippen LogP contribution in [0.1, 0.15) is 52.4 Å². The summed E-state index contributed by atoms with van der Waals surface area (Å²) in [5, 5.41) is 6.48. The van der Waals surface area contributed by atoms with Crippen molar-refractivity contribution in [1.29, 1.82) is 0 Å². The van der Waals surface area contributed by atoms with Crippen LogP contribution in [0.4, 0.5) is 0 Å². The summed E-state index contributed by atoms with van der Waals surface area (Å²) < 4.78 is 0. The van der Waals surface area contributed by atoms with Gasteiger partial charge in [-0.15, -0.1) is 0 Å². The first-order valence-corrected chi connectivity index (χ1v) is 7.03. The fourth-order valence-corrected chi connectivity index (χ4v) is 3.10. The largest absolute Gasteiger partial charge is 0.355 e. The Morgan fingerprint density at radius 1 is 1.18 bits per heavy atom. The molecule has 0 bridgehead atoms. The summed E-state index contributed by atoms with van der Waals surface area (Å²) in [5.74, 6) is 0.245. The van der Waals surface area contributed by atoms with Crippen molar-refractivity contribution in [2.24, 2.45) is 10.8 Å². The Morgan fingerprint density at radius 2 is 1.88 bits per heavy atom. The van der Waals surface area contributed by atoms with Gasteiger partial charge in [-0.3, -0.25) is 4.79 Å². The maximum absolute atomic E-state index is 12.2. The fourth-order valence-electron chi connectivity index (χ4n) is 3.10. The second kappa shape index (κ2) is 4.97. The molecule has 1 heterocycles. The van der Waals surface area contributed by atoms with Gasteiger partial charge in [0.05, 0.1) is 5.41 Å². The second-order valence-electron chi connectivity index (χ2n) is 6.54. The molecule has 3 heteroatoms. The van der Waals surface area contributed by atoms with Gasteiger partial charge in [0.25, 0.3) is 0 Å². The Morgan fingerprint density at radius 3 is 2.47 bits per heavy atom. The summed E-state index contributed by atoms with van der Waals surface area (Å²) in [5.41, 5.74) is 0.168. The Bertz CT molecular complexity index is 276. The minimum Gasteiger partial charge on any atom is -0.355 e. The minimum absolute atomic E-state index is 0.176. The molecule has 1 amide bonds. The maximum Gasteiger partial charge on any atom is 0.227 e. The van der Waals surface area contributed by atoms with Gasteiger partial charge < -0.3 is 10.6 Å². The van der Waals surface area contributed by atoms with E-state index in [2.05, 4.69) is 24.5 Å². The number of hydrogen-bond donors (Lipinski definition) is 2. The monoisotopic (exact) mass is 238 g/mol. The molecule has 17 heavy (non-hydrogen) atoms. The molecule has 1 aliphatic carbocycles. The van der Waals surface area contributed by atoms with Crippen molar-refractivity contribution >= 4 is 5.91 Å². The lowest BCUT2D eigenvalue weighted by Gasteiger charge is -2.35. The van der Waals surface area contributed by atoms with Gasteiger partial charge in [0.2, 0.25) is 5.91 Å². The van der Waals surface area contributed by atoms with Crippen LogP contribution in [0.5, 0.6) is 0 Å². The molecular formula is C14H26N2O. The molecule has 0 aromatic heterocycles. The van der Waals surface area contributed by atoms with E-state index in [1.165, 1.54) is 32.1 Å². The molecule has 1 unspecified atom stereocenters. The lowest BCUT2D eigenvalue weighted by molar-refractivity contribution is -0.129. The van der Waals surface area contributed by atoms with Crippen LogP contribution in [0.2, 0.25) is 0 Å². The molecule has 0 radical (unpaired) electrons. The van der Waals surface area contributed by atoms with Crippen LogP contribution in [-0.4, -0.2) is 25.5 Å². The van der Waals surface area contributed by atoms with Crippen molar-refractivity contribution in [3.63, 3.8) is 0 Å². The van der Waals surface area contributed by atoms with E-state index in [1.54, 1.807) is 0 Å². The molecule has 2 aliphatic rings. The van der Waals surface area contributed by atoms with Crippen LogP contribution in [0.15, 0.2) is 0 Å². The molecular weight excluding hydrogens is 212 g/mol. The van der Waals surface area contributed by atoms with Crippen LogP contribution < -0.4 is 10.6 Å². The van der Waals surface area contributed by atoms with Crippen molar-refractivity contribution in [3.8, 4) is 0 Å². The lowest BCUT2D eigenvalue weighted by atomic mass is 9.75. The summed E-state index contributed by atoms with van der Waals surface area (Å²) in [4.78, 5) is 12.2. The highest BCUT2D eigenvalue weighted by Crippen LogP contribution is 2.35. The first-order valence-electron chi connectivity index (χ1n) is 7.03. The van der Waals surface area contributed by atoms with Gasteiger partial charge >= 0.3 is 0 Å². The number of hydrogen-bond acceptors (Lipinski definition) is 2. The predicted molar refractivity (Wildman–Crippen MR) is 69.8 cm³/mol. The first-order chi connectivity index (χ1) is 8.04. The van der Waals surface area contributed by atoms with Crippen LogP contribution in [-0.2, 0) is 4.79 Å². The van der Waals surface area contributed by atoms with Crippen molar-refractivity contribution in [2.45, 2.75) is 52.4 Å². The van der Waals surface area contributed by atoms with E-state index in [9.17, 15) is 4.79 Å². The summed E-state index contributed by atoms with van der Waals surface area (Å²) in [7, 11) is 0. The van der Waals surface area contributed by atoms with Gasteiger partial charge in [-0.1, -0.05) is 26.2 Å². The Kier molecular flexibility index (Phi) is 3.76. The topological polar surface area (TPSA) is 41.1 Å². The number of rotatable bonds is 3. The third kappa shape index (κ3) is 3.01. The molecule has 2 rings (SSSR count). The number of carbonyl (C=O) groups excluding carboxylic acids is 1. The lowest BCUT2D eigenvalue weighted by Crippen LogP contribution is -2.45. The quantitative estimate of drug-likeness (QED) is 0.790. The Labute approximate surface area is 105 Å². The third-order valence-corrected chi connectivity index (χ3v) is 4.65. The molecule has 1 aliphatic heterocycles. The van der Waals surface area contributed by atoms with Gasteiger partial charge in [-0.05, 0) is 38.1 Å². The van der Waals surface area contributed by atoms with Crippen LogP contribution in [0.3, 0.4) is 0 Å². The summed E-state index contributed by atoms with van der Waals surface area (Å²) >= 11 is 0. The van der Waals surface area contributed by atoms with Gasteiger partial charge in [0.15, 0.2) is 0 Å². The normalized spacial score (nSPS) is 32.4. The number of nitrogens with one attached hydrogen (secondary N) is 2. The van der Waals surface area contributed by atoms with Crippen molar-refractivity contribution in [3.05, 3.63) is 0 Å². The summed E-state index contributed by atoms with van der Waals surface area (Å²) in [6.45, 7) is 7.06.